The van der Waals surface area contributed by atoms with Crippen LogP contribution in [0.15, 0.2) is 24.3 Å². The Labute approximate surface area is 121 Å². The summed E-state index contributed by atoms with van der Waals surface area (Å²) in [6.45, 7) is 0.570. The summed E-state index contributed by atoms with van der Waals surface area (Å²) in [5.74, 6) is 0.674. The van der Waals surface area contributed by atoms with Crippen LogP contribution >= 0.6 is 11.6 Å². The van der Waals surface area contributed by atoms with Gasteiger partial charge < -0.3 is 10.8 Å². The van der Waals surface area contributed by atoms with Gasteiger partial charge in [0.15, 0.2) is 5.82 Å². The van der Waals surface area contributed by atoms with E-state index < -0.39 is 5.97 Å². The molecule has 0 saturated heterocycles. The number of hydrogen-bond donors (Lipinski definition) is 2. The Balaban J connectivity index is 2.39. The fourth-order valence-corrected chi connectivity index (χ4v) is 2.09. The highest BCUT2D eigenvalue weighted by Gasteiger charge is 2.13. The van der Waals surface area contributed by atoms with E-state index in [0.717, 1.165) is 17.9 Å². The van der Waals surface area contributed by atoms with E-state index in [2.05, 4.69) is 10.2 Å². The zero-order valence-corrected chi connectivity index (χ0v) is 11.5. The standard InChI is InChI=1S/C13H15ClN4O2/c14-8-12-17-16-11(2-1-7-15)18(12)10-5-3-9(4-6-10)13(19)20/h3-6H,1-2,7-8,15H2,(H,19,20). The maximum absolute atomic E-state index is 10.9. The number of halogens is 1. The van der Waals surface area contributed by atoms with Crippen molar-refractivity contribution in [2.45, 2.75) is 18.7 Å². The highest BCUT2D eigenvalue weighted by Crippen LogP contribution is 2.17. The van der Waals surface area contributed by atoms with Crippen molar-refractivity contribution < 1.29 is 9.90 Å². The van der Waals surface area contributed by atoms with Crippen molar-refractivity contribution in [3.05, 3.63) is 41.5 Å². The number of carboxylic acids is 1. The van der Waals surface area contributed by atoms with Crippen molar-refractivity contribution in [2.75, 3.05) is 6.54 Å². The summed E-state index contributed by atoms with van der Waals surface area (Å²) in [6, 6.07) is 6.52. The lowest BCUT2D eigenvalue weighted by molar-refractivity contribution is 0.0697. The van der Waals surface area contributed by atoms with Gasteiger partial charge in [0.2, 0.25) is 0 Å². The van der Waals surface area contributed by atoms with Crippen molar-refractivity contribution >= 4 is 17.6 Å². The minimum atomic E-state index is -0.957. The van der Waals surface area contributed by atoms with Crippen molar-refractivity contribution in [3.63, 3.8) is 0 Å². The molecule has 3 N–H and O–H groups in total. The largest absolute Gasteiger partial charge is 0.478 e. The molecule has 0 saturated carbocycles. The van der Waals surface area contributed by atoms with Crippen LogP contribution in [0.3, 0.4) is 0 Å². The fourth-order valence-electron chi connectivity index (χ4n) is 1.91. The Morgan fingerprint density at radius 3 is 2.45 bits per heavy atom. The Kier molecular flexibility index (Phi) is 4.70. The van der Waals surface area contributed by atoms with Crippen molar-refractivity contribution in [2.24, 2.45) is 5.73 Å². The molecule has 2 rings (SSSR count). The summed E-state index contributed by atoms with van der Waals surface area (Å²) in [6.07, 6.45) is 1.49. The van der Waals surface area contributed by atoms with Crippen LogP contribution in [0, 0.1) is 0 Å². The van der Waals surface area contributed by atoms with Crippen LogP contribution in [-0.4, -0.2) is 32.4 Å². The summed E-state index contributed by atoms with van der Waals surface area (Å²) >= 11 is 5.87. The summed E-state index contributed by atoms with van der Waals surface area (Å²) in [4.78, 5) is 10.9. The SMILES string of the molecule is NCCCc1nnc(CCl)n1-c1ccc(C(=O)O)cc1. The van der Waals surface area contributed by atoms with E-state index in [1.54, 1.807) is 24.3 Å². The third-order valence-corrected chi connectivity index (χ3v) is 3.13. The molecule has 20 heavy (non-hydrogen) atoms. The van der Waals surface area contributed by atoms with Crippen LogP contribution in [0.5, 0.6) is 0 Å². The fraction of sp³-hybridized carbons (Fsp3) is 0.308. The second-order valence-electron chi connectivity index (χ2n) is 4.25. The minimum absolute atomic E-state index is 0.232. The van der Waals surface area contributed by atoms with E-state index in [-0.39, 0.29) is 11.4 Å². The lowest BCUT2D eigenvalue weighted by Crippen LogP contribution is -2.08. The highest BCUT2D eigenvalue weighted by atomic mass is 35.5. The van der Waals surface area contributed by atoms with E-state index in [4.69, 9.17) is 22.4 Å². The van der Waals surface area contributed by atoms with Gasteiger partial charge in [-0.15, -0.1) is 21.8 Å². The van der Waals surface area contributed by atoms with Crippen molar-refractivity contribution in [1.29, 1.82) is 0 Å². The zero-order valence-electron chi connectivity index (χ0n) is 10.8. The molecule has 0 bridgehead atoms. The lowest BCUT2D eigenvalue weighted by Gasteiger charge is -2.09. The smallest absolute Gasteiger partial charge is 0.335 e. The molecular weight excluding hydrogens is 280 g/mol. The number of nitrogens with two attached hydrogens (primary N) is 1. The van der Waals surface area contributed by atoms with Gasteiger partial charge in [-0.25, -0.2) is 4.79 Å². The van der Waals surface area contributed by atoms with Crippen LogP contribution in [0.2, 0.25) is 0 Å². The predicted octanol–water partition coefficient (Wildman–Crippen LogP) is 1.60. The van der Waals surface area contributed by atoms with Gasteiger partial charge in [0.1, 0.15) is 5.82 Å². The number of nitrogens with zero attached hydrogens (tertiary/aromatic N) is 3. The summed E-state index contributed by atoms with van der Waals surface area (Å²) in [7, 11) is 0. The van der Waals surface area contributed by atoms with E-state index in [1.807, 2.05) is 4.57 Å². The molecule has 0 amide bonds. The number of alkyl halides is 1. The van der Waals surface area contributed by atoms with Crippen molar-refractivity contribution in [3.8, 4) is 5.69 Å². The molecule has 0 aliphatic carbocycles. The van der Waals surface area contributed by atoms with Crippen LogP contribution in [0.25, 0.3) is 5.69 Å². The molecule has 0 unspecified atom stereocenters. The normalized spacial score (nSPS) is 10.7. The van der Waals surface area contributed by atoms with Gasteiger partial charge in [-0.2, -0.15) is 0 Å². The van der Waals surface area contributed by atoms with Gasteiger partial charge in [-0.05, 0) is 37.2 Å². The van der Waals surface area contributed by atoms with Crippen LogP contribution in [-0.2, 0) is 12.3 Å². The molecule has 0 aliphatic rings. The third-order valence-electron chi connectivity index (χ3n) is 2.89. The summed E-state index contributed by atoms with van der Waals surface area (Å²) < 4.78 is 1.84. The van der Waals surface area contributed by atoms with E-state index >= 15 is 0 Å². The number of aromatic carboxylic acids is 1. The first-order valence-corrected chi connectivity index (χ1v) is 6.73. The molecule has 1 heterocycles. The molecule has 1 aromatic heterocycles. The zero-order chi connectivity index (χ0) is 14.5. The quantitative estimate of drug-likeness (QED) is 0.789. The number of carbonyl (C=O) groups is 1. The lowest BCUT2D eigenvalue weighted by atomic mass is 10.2. The monoisotopic (exact) mass is 294 g/mol. The second kappa shape index (κ2) is 6.49. The number of rotatable bonds is 6. The average Bonchev–Trinajstić information content (AvgIpc) is 2.88. The van der Waals surface area contributed by atoms with Crippen LogP contribution in [0.1, 0.15) is 28.4 Å². The molecule has 0 radical (unpaired) electrons. The van der Waals surface area contributed by atoms with Gasteiger partial charge in [-0.3, -0.25) is 4.57 Å². The van der Waals surface area contributed by atoms with E-state index in [1.165, 1.54) is 0 Å². The topological polar surface area (TPSA) is 94.0 Å². The Bertz CT molecular complexity index is 595. The molecule has 2 aromatic rings. The van der Waals surface area contributed by atoms with Gasteiger partial charge in [-0.1, -0.05) is 0 Å². The molecule has 0 spiro atoms. The number of hydrogen-bond acceptors (Lipinski definition) is 4. The maximum atomic E-state index is 10.9. The first-order valence-electron chi connectivity index (χ1n) is 6.20. The Hall–Kier alpha value is -1.92. The third kappa shape index (κ3) is 2.97. The molecular formula is C13H15ClN4O2. The Morgan fingerprint density at radius 2 is 1.90 bits per heavy atom. The molecule has 7 heteroatoms. The molecule has 106 valence electrons. The van der Waals surface area contributed by atoms with Crippen molar-refractivity contribution in [1.82, 2.24) is 14.8 Å². The van der Waals surface area contributed by atoms with E-state index in [9.17, 15) is 4.79 Å². The minimum Gasteiger partial charge on any atom is -0.478 e. The highest BCUT2D eigenvalue weighted by molar-refractivity contribution is 6.16. The molecule has 0 fully saturated rings. The number of aryl methyl sites for hydroxylation is 1. The van der Waals surface area contributed by atoms with E-state index in [0.29, 0.717) is 18.8 Å². The van der Waals surface area contributed by atoms with Gasteiger partial charge >= 0.3 is 5.97 Å². The molecule has 1 aromatic carbocycles. The number of carboxylic acid groups (broad SMARTS) is 1. The summed E-state index contributed by atoms with van der Waals surface area (Å²) in [5.41, 5.74) is 6.54. The molecule has 6 nitrogen and oxygen atoms in total. The number of benzene rings is 1. The Morgan fingerprint density at radius 1 is 1.25 bits per heavy atom. The van der Waals surface area contributed by atoms with Gasteiger partial charge in [0.05, 0.1) is 11.4 Å². The van der Waals surface area contributed by atoms with Crippen LogP contribution < -0.4 is 5.73 Å². The predicted molar refractivity (Wildman–Crippen MR) is 75.3 cm³/mol. The summed E-state index contributed by atoms with van der Waals surface area (Å²) in [5, 5.41) is 17.1. The molecule has 0 atom stereocenters. The van der Waals surface area contributed by atoms with Gasteiger partial charge in [0, 0.05) is 12.1 Å². The molecule has 0 aliphatic heterocycles. The maximum Gasteiger partial charge on any atom is 0.335 e. The first-order chi connectivity index (χ1) is 9.67. The second-order valence-corrected chi connectivity index (χ2v) is 4.51. The first kappa shape index (κ1) is 14.5. The van der Waals surface area contributed by atoms with Crippen LogP contribution in [0.4, 0.5) is 0 Å². The number of aromatic nitrogens is 3. The average molecular weight is 295 g/mol. The van der Waals surface area contributed by atoms with Gasteiger partial charge in [0.25, 0.3) is 0 Å².